The van der Waals surface area contributed by atoms with E-state index >= 15 is 0 Å². The van der Waals surface area contributed by atoms with Crippen molar-refractivity contribution in [3.05, 3.63) is 71.8 Å². The molecule has 2 rings (SSSR count). The first-order valence-corrected chi connectivity index (χ1v) is 7.70. The van der Waals surface area contributed by atoms with Crippen molar-refractivity contribution in [1.82, 2.24) is 5.32 Å². The number of carbonyl (C=O) groups excluding carboxylic acids is 1. The largest absolute Gasteiger partial charge is 0.456 e. The first-order chi connectivity index (χ1) is 11.2. The van der Waals surface area contributed by atoms with Crippen LogP contribution in [0.15, 0.2) is 60.7 Å². The van der Waals surface area contributed by atoms with Crippen LogP contribution in [-0.4, -0.2) is 26.2 Å². The number of esters is 1. The van der Waals surface area contributed by atoms with Crippen LogP contribution in [0.1, 0.15) is 30.2 Å². The van der Waals surface area contributed by atoms with E-state index < -0.39 is 0 Å². The number of ether oxygens (including phenoxy) is 2. The maximum Gasteiger partial charge on any atom is 0.303 e. The minimum Gasteiger partial charge on any atom is -0.456 e. The second-order valence-electron chi connectivity index (χ2n) is 5.34. The summed E-state index contributed by atoms with van der Waals surface area (Å²) in [6.07, 6.45) is -0.322. The zero-order chi connectivity index (χ0) is 16.5. The Kier molecular flexibility index (Phi) is 6.78. The average Bonchev–Trinajstić information content (AvgIpc) is 2.58. The second-order valence-corrected chi connectivity index (χ2v) is 5.34. The van der Waals surface area contributed by atoms with Crippen LogP contribution in [0.4, 0.5) is 0 Å². The molecule has 2 aromatic carbocycles. The van der Waals surface area contributed by atoms with Gasteiger partial charge in [0.2, 0.25) is 0 Å². The predicted molar refractivity (Wildman–Crippen MR) is 90.0 cm³/mol. The van der Waals surface area contributed by atoms with Gasteiger partial charge >= 0.3 is 5.97 Å². The molecule has 0 radical (unpaired) electrons. The van der Waals surface area contributed by atoms with E-state index in [0.717, 1.165) is 11.1 Å². The van der Waals surface area contributed by atoms with Gasteiger partial charge in [-0.05, 0) is 11.1 Å². The molecule has 2 atom stereocenters. The number of nitrogens with one attached hydrogen (secondary N) is 1. The lowest BCUT2D eigenvalue weighted by molar-refractivity contribution is -0.146. The van der Waals surface area contributed by atoms with Crippen molar-refractivity contribution >= 4 is 5.97 Å². The second kappa shape index (κ2) is 9.08. The molecule has 0 aromatic heterocycles. The lowest BCUT2D eigenvalue weighted by Gasteiger charge is -2.23. The lowest BCUT2D eigenvalue weighted by Crippen LogP contribution is -2.31. The van der Waals surface area contributed by atoms with E-state index in [0.29, 0.717) is 13.2 Å². The number of hydrogen-bond acceptors (Lipinski definition) is 4. The molecule has 0 aliphatic rings. The summed E-state index contributed by atoms with van der Waals surface area (Å²) in [5.74, 6) is -0.288. The fourth-order valence-electron chi connectivity index (χ4n) is 2.47. The third kappa shape index (κ3) is 5.51. The molecule has 0 bridgehead atoms. The Morgan fingerprint density at radius 1 is 1.00 bits per heavy atom. The van der Waals surface area contributed by atoms with Crippen LogP contribution >= 0.6 is 0 Å². The van der Waals surface area contributed by atoms with Gasteiger partial charge in [0.05, 0.1) is 12.6 Å². The summed E-state index contributed by atoms with van der Waals surface area (Å²) in [4.78, 5) is 11.4. The molecule has 0 aliphatic carbocycles. The van der Waals surface area contributed by atoms with Gasteiger partial charge in [-0.25, -0.2) is 0 Å². The highest BCUT2D eigenvalue weighted by atomic mass is 16.5. The Labute approximate surface area is 137 Å². The number of methoxy groups -OCH3 is 1. The molecule has 23 heavy (non-hydrogen) atoms. The summed E-state index contributed by atoms with van der Waals surface area (Å²) in [5.41, 5.74) is 2.11. The van der Waals surface area contributed by atoms with Gasteiger partial charge in [-0.3, -0.25) is 4.79 Å². The van der Waals surface area contributed by atoms with E-state index in [1.54, 1.807) is 7.11 Å². The van der Waals surface area contributed by atoms with Crippen molar-refractivity contribution in [2.24, 2.45) is 0 Å². The standard InChI is InChI=1S/C19H23NO3/c1-15(21)23-19(17-11-7-4-8-12-17)13-20-18(14-22-2)16-9-5-3-6-10-16/h3-12,18-20H,13-14H2,1-2H3/t18-,19+/m1/s1. The number of hydrogen-bond donors (Lipinski definition) is 1. The smallest absolute Gasteiger partial charge is 0.303 e. The molecule has 0 unspecified atom stereocenters. The van der Waals surface area contributed by atoms with Crippen molar-refractivity contribution < 1.29 is 14.3 Å². The predicted octanol–water partition coefficient (Wildman–Crippen LogP) is 3.27. The Morgan fingerprint density at radius 3 is 2.09 bits per heavy atom. The summed E-state index contributed by atoms with van der Waals surface area (Å²) in [6, 6.07) is 19.9. The Bertz CT molecular complexity index is 586. The summed E-state index contributed by atoms with van der Waals surface area (Å²) in [6.45, 7) is 2.50. The number of carbonyl (C=O) groups is 1. The summed E-state index contributed by atoms with van der Waals surface area (Å²) in [5, 5.41) is 3.44. The quantitative estimate of drug-likeness (QED) is 0.760. The SMILES string of the molecule is COC[C@@H](NC[C@H](OC(C)=O)c1ccccc1)c1ccccc1. The van der Waals surface area contributed by atoms with E-state index in [4.69, 9.17) is 9.47 Å². The minimum absolute atomic E-state index is 0.0444. The molecule has 0 saturated heterocycles. The van der Waals surface area contributed by atoms with E-state index in [-0.39, 0.29) is 18.1 Å². The highest BCUT2D eigenvalue weighted by molar-refractivity contribution is 5.66. The Hall–Kier alpha value is -2.17. The normalized spacial score (nSPS) is 13.3. The summed E-state index contributed by atoms with van der Waals surface area (Å²) < 4.78 is 10.8. The first kappa shape index (κ1) is 17.2. The first-order valence-electron chi connectivity index (χ1n) is 7.70. The van der Waals surface area contributed by atoms with Gasteiger partial charge < -0.3 is 14.8 Å². The van der Waals surface area contributed by atoms with Gasteiger partial charge in [0.25, 0.3) is 0 Å². The van der Waals surface area contributed by atoms with Crippen LogP contribution in [0.5, 0.6) is 0 Å². The average molecular weight is 313 g/mol. The van der Waals surface area contributed by atoms with Crippen molar-refractivity contribution in [1.29, 1.82) is 0 Å². The zero-order valence-corrected chi connectivity index (χ0v) is 13.6. The molecule has 2 aromatic rings. The molecular formula is C19H23NO3. The van der Waals surface area contributed by atoms with Crippen LogP contribution in [0, 0.1) is 0 Å². The topological polar surface area (TPSA) is 47.6 Å². The van der Waals surface area contributed by atoms with E-state index in [1.807, 2.05) is 48.5 Å². The fraction of sp³-hybridized carbons (Fsp3) is 0.316. The van der Waals surface area contributed by atoms with Crippen LogP contribution < -0.4 is 5.32 Å². The molecule has 122 valence electrons. The minimum atomic E-state index is -0.322. The van der Waals surface area contributed by atoms with E-state index in [1.165, 1.54) is 6.92 Å². The van der Waals surface area contributed by atoms with Crippen molar-refractivity contribution in [3.63, 3.8) is 0 Å². The van der Waals surface area contributed by atoms with Gasteiger partial charge in [-0.1, -0.05) is 60.7 Å². The molecule has 0 amide bonds. The number of benzene rings is 2. The van der Waals surface area contributed by atoms with E-state index in [9.17, 15) is 4.79 Å². The maximum absolute atomic E-state index is 11.4. The van der Waals surface area contributed by atoms with Gasteiger partial charge in [-0.2, -0.15) is 0 Å². The highest BCUT2D eigenvalue weighted by Gasteiger charge is 2.18. The third-order valence-corrected chi connectivity index (χ3v) is 3.56. The Morgan fingerprint density at radius 2 is 1.57 bits per heavy atom. The monoisotopic (exact) mass is 313 g/mol. The lowest BCUT2D eigenvalue weighted by atomic mass is 10.1. The maximum atomic E-state index is 11.4. The fourth-order valence-corrected chi connectivity index (χ4v) is 2.47. The molecule has 4 nitrogen and oxygen atoms in total. The summed E-state index contributed by atoms with van der Waals surface area (Å²) >= 11 is 0. The van der Waals surface area contributed by atoms with Gasteiger partial charge in [0.15, 0.2) is 0 Å². The van der Waals surface area contributed by atoms with Crippen molar-refractivity contribution in [3.8, 4) is 0 Å². The zero-order valence-electron chi connectivity index (χ0n) is 13.6. The molecule has 0 spiro atoms. The third-order valence-electron chi connectivity index (χ3n) is 3.56. The molecular weight excluding hydrogens is 290 g/mol. The van der Waals surface area contributed by atoms with Gasteiger partial charge in [0.1, 0.15) is 6.10 Å². The molecule has 0 saturated carbocycles. The van der Waals surface area contributed by atoms with Gasteiger partial charge in [-0.15, -0.1) is 0 Å². The van der Waals surface area contributed by atoms with Crippen LogP contribution in [-0.2, 0) is 14.3 Å². The van der Waals surface area contributed by atoms with E-state index in [2.05, 4.69) is 17.4 Å². The van der Waals surface area contributed by atoms with Gasteiger partial charge in [0, 0.05) is 20.6 Å². The van der Waals surface area contributed by atoms with Crippen LogP contribution in [0.3, 0.4) is 0 Å². The molecule has 0 fully saturated rings. The van der Waals surface area contributed by atoms with Crippen molar-refractivity contribution in [2.75, 3.05) is 20.3 Å². The molecule has 0 aliphatic heterocycles. The summed E-state index contributed by atoms with van der Waals surface area (Å²) in [7, 11) is 1.68. The van der Waals surface area contributed by atoms with Crippen LogP contribution in [0.25, 0.3) is 0 Å². The molecule has 0 heterocycles. The van der Waals surface area contributed by atoms with Crippen molar-refractivity contribution in [2.45, 2.75) is 19.1 Å². The molecule has 1 N–H and O–H groups in total. The Balaban J connectivity index is 2.07. The number of rotatable bonds is 8. The van der Waals surface area contributed by atoms with Crippen LogP contribution in [0.2, 0.25) is 0 Å². The highest BCUT2D eigenvalue weighted by Crippen LogP contribution is 2.19. The molecule has 4 heteroatoms.